The molecule has 134 valence electrons. The van der Waals surface area contributed by atoms with Crippen LogP contribution in [-0.4, -0.2) is 0 Å². The summed E-state index contributed by atoms with van der Waals surface area (Å²) in [5, 5.41) is 3.63. The van der Waals surface area contributed by atoms with E-state index in [-0.39, 0.29) is 0 Å². The summed E-state index contributed by atoms with van der Waals surface area (Å²) in [6, 6.07) is 32.3. The highest BCUT2D eigenvalue weighted by molar-refractivity contribution is 7.99. The van der Waals surface area contributed by atoms with Crippen LogP contribution in [0.25, 0.3) is 0 Å². The summed E-state index contributed by atoms with van der Waals surface area (Å²) in [6.07, 6.45) is 0. The molecule has 4 aromatic rings. The number of hydrogen-bond acceptors (Lipinski definition) is 3. The van der Waals surface area contributed by atoms with Crippen molar-refractivity contribution in [2.75, 3.05) is 11.1 Å². The van der Waals surface area contributed by atoms with Gasteiger partial charge in [-0.25, -0.2) is 0 Å². The maximum Gasteiger partial charge on any atom is 0.0784 e. The number of fused-ring (bicyclic) bond motifs is 8. The molecule has 2 aliphatic rings. The second kappa shape index (κ2) is 5.66. The number of rotatable bonds is 0. The Bertz CT molecular complexity index is 1140. The molecule has 0 fully saturated rings. The van der Waals surface area contributed by atoms with Crippen molar-refractivity contribution in [2.24, 2.45) is 0 Å². The van der Waals surface area contributed by atoms with Crippen molar-refractivity contribution in [2.45, 2.75) is 15.2 Å². The van der Waals surface area contributed by atoms with Crippen molar-refractivity contribution < 1.29 is 0 Å². The summed E-state index contributed by atoms with van der Waals surface area (Å²) < 4.78 is 0. The molecule has 2 nitrogen and oxygen atoms in total. The molecule has 28 heavy (non-hydrogen) atoms. The highest BCUT2D eigenvalue weighted by Gasteiger charge is 2.49. The van der Waals surface area contributed by atoms with Gasteiger partial charge in [-0.1, -0.05) is 72.4 Å². The van der Waals surface area contributed by atoms with E-state index in [0.717, 1.165) is 22.6 Å². The van der Waals surface area contributed by atoms with Gasteiger partial charge >= 0.3 is 0 Å². The number of nitrogen functional groups attached to an aromatic ring is 1. The molecule has 2 heterocycles. The third kappa shape index (κ3) is 1.89. The number of nitrogens with two attached hydrogens (primary N) is 1. The number of anilines is 3. The maximum atomic E-state index is 6.67. The SMILES string of the molecule is Nc1cccc2c1C1(c3ccccc3N2)c2ccccc2Sc2ccccc21. The number of para-hydroxylation sites is 1. The monoisotopic (exact) mass is 378 g/mol. The predicted octanol–water partition coefficient (Wildman–Crippen LogP) is 6.17. The van der Waals surface area contributed by atoms with Crippen molar-refractivity contribution in [3.8, 4) is 0 Å². The molecular weight excluding hydrogens is 360 g/mol. The molecule has 3 heteroatoms. The molecular formula is C25H18N2S. The van der Waals surface area contributed by atoms with Gasteiger partial charge < -0.3 is 11.1 Å². The molecule has 0 amide bonds. The lowest BCUT2D eigenvalue weighted by Crippen LogP contribution is -2.38. The van der Waals surface area contributed by atoms with E-state index in [0.29, 0.717) is 0 Å². The highest BCUT2D eigenvalue weighted by Crippen LogP contribution is 2.61. The molecule has 0 radical (unpaired) electrons. The van der Waals surface area contributed by atoms with Gasteiger partial charge in [0.25, 0.3) is 0 Å². The van der Waals surface area contributed by atoms with Crippen molar-refractivity contribution >= 4 is 28.8 Å². The third-order valence-electron chi connectivity index (χ3n) is 5.87. The van der Waals surface area contributed by atoms with Crippen LogP contribution < -0.4 is 11.1 Å². The van der Waals surface area contributed by atoms with Crippen molar-refractivity contribution in [3.05, 3.63) is 113 Å². The molecule has 0 unspecified atom stereocenters. The Balaban J connectivity index is 1.87. The van der Waals surface area contributed by atoms with Gasteiger partial charge in [0.1, 0.15) is 0 Å². The fourth-order valence-corrected chi connectivity index (χ4v) is 6.04. The summed E-state index contributed by atoms with van der Waals surface area (Å²) >= 11 is 1.84. The first-order chi connectivity index (χ1) is 13.8. The molecule has 2 aliphatic heterocycles. The smallest absolute Gasteiger partial charge is 0.0784 e. The first kappa shape index (κ1) is 15.8. The van der Waals surface area contributed by atoms with Crippen molar-refractivity contribution in [3.63, 3.8) is 0 Å². The molecule has 1 spiro atoms. The van der Waals surface area contributed by atoms with Crippen LogP contribution in [0.4, 0.5) is 17.1 Å². The fraction of sp³-hybridized carbons (Fsp3) is 0.0400. The summed E-state index contributed by atoms with van der Waals surface area (Å²) in [7, 11) is 0. The van der Waals surface area contributed by atoms with Gasteiger partial charge in [0, 0.05) is 32.4 Å². The minimum absolute atomic E-state index is 0.430. The Labute approximate surface area is 168 Å². The second-order valence-corrected chi connectivity index (χ2v) is 8.37. The normalized spacial score (nSPS) is 15.0. The highest BCUT2D eigenvalue weighted by atomic mass is 32.2. The summed E-state index contributed by atoms with van der Waals surface area (Å²) in [5.41, 5.74) is 14.3. The number of nitrogens with one attached hydrogen (secondary N) is 1. The van der Waals surface area contributed by atoms with Crippen LogP contribution in [0.2, 0.25) is 0 Å². The largest absolute Gasteiger partial charge is 0.398 e. The van der Waals surface area contributed by atoms with E-state index in [1.54, 1.807) is 0 Å². The predicted molar refractivity (Wildman–Crippen MR) is 117 cm³/mol. The second-order valence-electron chi connectivity index (χ2n) is 7.28. The molecule has 0 saturated carbocycles. The number of hydrogen-bond donors (Lipinski definition) is 2. The lowest BCUT2D eigenvalue weighted by atomic mass is 9.62. The Hall–Kier alpha value is -3.17. The molecule has 0 aliphatic carbocycles. The minimum atomic E-state index is -0.430. The number of benzene rings is 4. The van der Waals surface area contributed by atoms with Crippen LogP contribution >= 0.6 is 11.8 Å². The van der Waals surface area contributed by atoms with Crippen LogP contribution in [0.3, 0.4) is 0 Å². The van der Waals surface area contributed by atoms with Crippen LogP contribution in [0.1, 0.15) is 22.3 Å². The van der Waals surface area contributed by atoms with E-state index in [1.807, 2.05) is 23.9 Å². The lowest BCUT2D eigenvalue weighted by Gasteiger charge is -2.46. The quantitative estimate of drug-likeness (QED) is 0.310. The minimum Gasteiger partial charge on any atom is -0.398 e. The van der Waals surface area contributed by atoms with E-state index in [2.05, 4.69) is 84.2 Å². The van der Waals surface area contributed by atoms with E-state index in [4.69, 9.17) is 5.73 Å². The lowest BCUT2D eigenvalue weighted by molar-refractivity contribution is 0.701. The summed E-state index contributed by atoms with van der Waals surface area (Å²) in [6.45, 7) is 0. The van der Waals surface area contributed by atoms with Crippen LogP contribution in [0.15, 0.2) is 101 Å². The average molecular weight is 379 g/mol. The van der Waals surface area contributed by atoms with Gasteiger partial charge in [0.05, 0.1) is 5.41 Å². The molecule has 0 bridgehead atoms. The average Bonchev–Trinajstić information content (AvgIpc) is 2.74. The van der Waals surface area contributed by atoms with Crippen LogP contribution in [0.5, 0.6) is 0 Å². The van der Waals surface area contributed by atoms with E-state index >= 15 is 0 Å². The van der Waals surface area contributed by atoms with Gasteiger partial charge in [-0.3, -0.25) is 0 Å². The van der Waals surface area contributed by atoms with Gasteiger partial charge in [-0.15, -0.1) is 0 Å². The van der Waals surface area contributed by atoms with Crippen molar-refractivity contribution in [1.82, 2.24) is 0 Å². The Kier molecular flexibility index (Phi) is 3.21. The first-order valence-corrected chi connectivity index (χ1v) is 10.2. The molecule has 0 atom stereocenters. The topological polar surface area (TPSA) is 38.0 Å². The summed E-state index contributed by atoms with van der Waals surface area (Å²) in [5.74, 6) is 0. The molecule has 4 aromatic carbocycles. The Morgan fingerprint density at radius 1 is 0.607 bits per heavy atom. The van der Waals surface area contributed by atoms with Crippen LogP contribution in [0, 0.1) is 0 Å². The zero-order valence-electron chi connectivity index (χ0n) is 15.1. The van der Waals surface area contributed by atoms with E-state index in [9.17, 15) is 0 Å². The standard InChI is InChI=1S/C25H18N2S/c26-19-11-7-13-21-24(19)25(16-8-1-4-12-20(16)27-21)17-9-2-5-14-22(17)28-23-15-6-3-10-18(23)25/h1-15,27H,26H2. The van der Waals surface area contributed by atoms with Crippen molar-refractivity contribution in [1.29, 1.82) is 0 Å². The van der Waals surface area contributed by atoms with Gasteiger partial charge in [0.15, 0.2) is 0 Å². The third-order valence-corrected chi connectivity index (χ3v) is 7.03. The van der Waals surface area contributed by atoms with Gasteiger partial charge in [0.2, 0.25) is 0 Å². The molecule has 0 aromatic heterocycles. The van der Waals surface area contributed by atoms with Crippen LogP contribution in [-0.2, 0) is 5.41 Å². The maximum absolute atomic E-state index is 6.67. The fourth-order valence-electron chi connectivity index (χ4n) is 4.85. The Morgan fingerprint density at radius 2 is 1.18 bits per heavy atom. The van der Waals surface area contributed by atoms with Gasteiger partial charge in [-0.05, 0) is 47.0 Å². The molecule has 3 N–H and O–H groups in total. The van der Waals surface area contributed by atoms with Gasteiger partial charge in [-0.2, -0.15) is 0 Å². The first-order valence-electron chi connectivity index (χ1n) is 9.42. The molecule has 0 saturated heterocycles. The zero-order valence-corrected chi connectivity index (χ0v) is 16.0. The zero-order chi connectivity index (χ0) is 18.7. The summed E-state index contributed by atoms with van der Waals surface area (Å²) in [4.78, 5) is 2.57. The van der Waals surface area contributed by atoms with E-state index < -0.39 is 5.41 Å². The van der Waals surface area contributed by atoms with E-state index in [1.165, 1.54) is 26.5 Å². The molecule has 6 rings (SSSR count). The Morgan fingerprint density at radius 3 is 1.89 bits per heavy atom.